The first-order chi connectivity index (χ1) is 19.7. The van der Waals surface area contributed by atoms with E-state index in [2.05, 4.69) is 10.6 Å². The topological polar surface area (TPSA) is 111 Å². The molecule has 2 N–H and O–H groups in total. The van der Waals surface area contributed by atoms with Gasteiger partial charge in [-0.2, -0.15) is 4.39 Å². The van der Waals surface area contributed by atoms with Gasteiger partial charge in [0.2, 0.25) is 29.1 Å². The van der Waals surface area contributed by atoms with E-state index in [4.69, 9.17) is 9.47 Å². The number of rotatable bonds is 5. The third-order valence-electron chi connectivity index (χ3n) is 8.62. The summed E-state index contributed by atoms with van der Waals surface area (Å²) in [6, 6.07) is -1.23. The Morgan fingerprint density at radius 3 is 2.07 bits per heavy atom. The molecular formula is C30H39F3N2O6. The van der Waals surface area contributed by atoms with Crippen molar-refractivity contribution in [2.24, 2.45) is 17.8 Å². The van der Waals surface area contributed by atoms with E-state index in [1.807, 2.05) is 0 Å². The third-order valence-corrected chi connectivity index (χ3v) is 8.62. The molecule has 0 saturated heterocycles. The Morgan fingerprint density at radius 2 is 1.41 bits per heavy atom. The minimum Gasteiger partial charge on any atom is -0.479 e. The molecule has 1 aliphatic heterocycles. The number of ether oxygens (including phenoxy) is 2. The van der Waals surface area contributed by atoms with Gasteiger partial charge in [0.25, 0.3) is 0 Å². The summed E-state index contributed by atoms with van der Waals surface area (Å²) < 4.78 is 51.5. The smallest absolute Gasteiger partial charge is 0.313 e. The number of Topliss-reactive ketones (excluding diaryl/α,β-unsaturated/α-hetero) is 1. The molecule has 1 heterocycles. The SMILES string of the molecule is O=C(CNC(=O)C1CCCC(C2CCCCCCC2)CCC1)NC1CC(=O)Oc2c(F)cc(F)c(F)c2OCC1=O. The Morgan fingerprint density at radius 1 is 0.805 bits per heavy atom. The molecule has 2 aliphatic carbocycles. The molecule has 2 amide bonds. The number of ketones is 1. The Bertz CT molecular complexity index is 1110. The summed E-state index contributed by atoms with van der Waals surface area (Å²) >= 11 is 0. The summed E-state index contributed by atoms with van der Waals surface area (Å²) in [7, 11) is 0. The Kier molecular flexibility index (Phi) is 11.0. The maximum atomic E-state index is 14.1. The summed E-state index contributed by atoms with van der Waals surface area (Å²) in [5.74, 6) is -8.21. The van der Waals surface area contributed by atoms with Crippen LogP contribution in [-0.4, -0.2) is 42.8 Å². The van der Waals surface area contributed by atoms with Crippen LogP contribution in [0.1, 0.15) is 89.9 Å². The van der Waals surface area contributed by atoms with E-state index >= 15 is 0 Å². The van der Waals surface area contributed by atoms with Crippen molar-refractivity contribution in [2.45, 2.75) is 95.9 Å². The fourth-order valence-electron chi connectivity index (χ4n) is 6.38. The standard InChI is InChI=1S/C30H39F3N2O6/c31-21-14-22(32)28-29(27(21)33)40-17-24(36)23(15-26(38)41-28)35-25(37)16-34-30(39)20-12-6-10-19(11-7-13-20)18-8-4-2-1-3-5-9-18/h14,18-20,23H,1-13,15-17H2,(H,34,39)(H,35,37). The van der Waals surface area contributed by atoms with Crippen LogP contribution in [0.5, 0.6) is 11.5 Å². The van der Waals surface area contributed by atoms with Crippen LogP contribution in [0.15, 0.2) is 6.07 Å². The van der Waals surface area contributed by atoms with Gasteiger partial charge in [0.1, 0.15) is 12.6 Å². The lowest BCUT2D eigenvalue weighted by Crippen LogP contribution is -2.48. The van der Waals surface area contributed by atoms with Crippen molar-refractivity contribution in [3.63, 3.8) is 0 Å². The monoisotopic (exact) mass is 580 g/mol. The number of halogens is 3. The number of esters is 1. The van der Waals surface area contributed by atoms with Gasteiger partial charge < -0.3 is 20.1 Å². The second-order valence-electron chi connectivity index (χ2n) is 11.5. The lowest BCUT2D eigenvalue weighted by atomic mass is 9.75. The zero-order valence-electron chi connectivity index (χ0n) is 23.3. The summed E-state index contributed by atoms with van der Waals surface area (Å²) in [6.07, 6.45) is 14.3. The summed E-state index contributed by atoms with van der Waals surface area (Å²) in [4.78, 5) is 50.3. The molecule has 1 aromatic rings. The molecule has 226 valence electrons. The molecule has 41 heavy (non-hydrogen) atoms. The van der Waals surface area contributed by atoms with E-state index in [1.165, 1.54) is 44.9 Å². The van der Waals surface area contributed by atoms with Crippen molar-refractivity contribution in [3.8, 4) is 11.5 Å². The van der Waals surface area contributed by atoms with Crippen LogP contribution in [0.2, 0.25) is 0 Å². The molecule has 8 nitrogen and oxygen atoms in total. The molecule has 2 fully saturated rings. The van der Waals surface area contributed by atoms with Gasteiger partial charge >= 0.3 is 5.97 Å². The fraction of sp³-hybridized carbons (Fsp3) is 0.667. The van der Waals surface area contributed by atoms with E-state index in [9.17, 15) is 32.3 Å². The summed E-state index contributed by atoms with van der Waals surface area (Å²) in [5.41, 5.74) is 0. The number of benzene rings is 1. The Balaban J connectivity index is 1.25. The van der Waals surface area contributed by atoms with E-state index < -0.39 is 72.2 Å². The zero-order chi connectivity index (χ0) is 29.4. The highest BCUT2D eigenvalue weighted by Crippen LogP contribution is 2.37. The van der Waals surface area contributed by atoms with Crippen LogP contribution in [0.25, 0.3) is 0 Å². The number of fused-ring (bicyclic) bond motifs is 1. The number of nitrogens with one attached hydrogen (secondary N) is 2. The molecule has 0 radical (unpaired) electrons. The van der Waals surface area contributed by atoms with Gasteiger partial charge in [0, 0.05) is 12.0 Å². The average Bonchev–Trinajstić information content (AvgIpc) is 2.95. The summed E-state index contributed by atoms with van der Waals surface area (Å²) in [5, 5.41) is 4.98. The van der Waals surface area contributed by atoms with E-state index in [-0.39, 0.29) is 17.9 Å². The van der Waals surface area contributed by atoms with Crippen molar-refractivity contribution in [3.05, 3.63) is 23.5 Å². The normalized spacial score (nSPS) is 24.9. The molecule has 0 spiro atoms. The highest BCUT2D eigenvalue weighted by molar-refractivity contribution is 5.95. The zero-order valence-corrected chi connectivity index (χ0v) is 23.3. The first kappa shape index (κ1) is 30.8. The number of hydrogen-bond donors (Lipinski definition) is 2. The van der Waals surface area contributed by atoms with E-state index in [0.717, 1.165) is 50.4 Å². The van der Waals surface area contributed by atoms with Gasteiger partial charge in [-0.15, -0.1) is 0 Å². The van der Waals surface area contributed by atoms with Crippen LogP contribution in [0.3, 0.4) is 0 Å². The minimum absolute atomic E-state index is 0.194. The van der Waals surface area contributed by atoms with E-state index in [1.54, 1.807) is 0 Å². The number of carbonyl (C=O) groups excluding carboxylic acids is 4. The lowest BCUT2D eigenvalue weighted by molar-refractivity contribution is -0.138. The first-order valence-electron chi connectivity index (χ1n) is 14.8. The van der Waals surface area contributed by atoms with Crippen LogP contribution in [0, 0.1) is 35.2 Å². The molecule has 3 aliphatic rings. The highest BCUT2D eigenvalue weighted by Gasteiger charge is 2.32. The second kappa shape index (κ2) is 14.7. The van der Waals surface area contributed by atoms with Crippen molar-refractivity contribution < 1.29 is 41.8 Å². The Hall–Kier alpha value is -3.11. The number of carbonyl (C=O) groups is 4. The molecule has 0 aromatic heterocycles. The number of amides is 2. The first-order valence-corrected chi connectivity index (χ1v) is 14.8. The van der Waals surface area contributed by atoms with Gasteiger partial charge in [-0.1, -0.05) is 70.6 Å². The fourth-order valence-corrected chi connectivity index (χ4v) is 6.38. The van der Waals surface area contributed by atoms with Crippen molar-refractivity contribution in [2.75, 3.05) is 13.2 Å². The summed E-state index contributed by atoms with van der Waals surface area (Å²) in [6.45, 7) is -1.28. The van der Waals surface area contributed by atoms with Crippen LogP contribution < -0.4 is 20.1 Å². The molecular weight excluding hydrogens is 541 g/mol. The maximum absolute atomic E-state index is 14.1. The van der Waals surface area contributed by atoms with Crippen molar-refractivity contribution in [1.29, 1.82) is 0 Å². The van der Waals surface area contributed by atoms with E-state index in [0.29, 0.717) is 0 Å². The Labute approximate surface area is 238 Å². The van der Waals surface area contributed by atoms with Crippen molar-refractivity contribution >= 4 is 23.6 Å². The van der Waals surface area contributed by atoms with Gasteiger partial charge in [0.05, 0.1) is 13.0 Å². The van der Waals surface area contributed by atoms with Gasteiger partial charge in [0.15, 0.2) is 17.4 Å². The maximum Gasteiger partial charge on any atom is 0.313 e. The molecule has 4 rings (SSSR count). The molecule has 2 saturated carbocycles. The van der Waals surface area contributed by atoms with Crippen LogP contribution in [0.4, 0.5) is 13.2 Å². The average molecular weight is 581 g/mol. The molecule has 11 heteroatoms. The molecule has 1 atom stereocenters. The molecule has 1 aromatic carbocycles. The largest absolute Gasteiger partial charge is 0.479 e. The van der Waals surface area contributed by atoms with Gasteiger partial charge in [-0.05, 0) is 24.7 Å². The quantitative estimate of drug-likeness (QED) is 0.291. The van der Waals surface area contributed by atoms with Gasteiger partial charge in [-0.3, -0.25) is 19.2 Å². The molecule has 1 unspecified atom stereocenters. The highest BCUT2D eigenvalue weighted by atomic mass is 19.2. The van der Waals surface area contributed by atoms with Crippen molar-refractivity contribution in [1.82, 2.24) is 10.6 Å². The number of hydrogen-bond acceptors (Lipinski definition) is 6. The second-order valence-corrected chi connectivity index (χ2v) is 11.5. The van der Waals surface area contributed by atoms with Crippen LogP contribution >= 0.6 is 0 Å². The lowest BCUT2D eigenvalue weighted by Gasteiger charge is -2.31. The third kappa shape index (κ3) is 8.45. The predicted molar refractivity (Wildman–Crippen MR) is 143 cm³/mol. The predicted octanol–water partition coefficient (Wildman–Crippen LogP) is 4.91. The minimum atomic E-state index is -1.61. The van der Waals surface area contributed by atoms with Crippen LogP contribution in [-0.2, 0) is 19.2 Å². The molecule has 0 bridgehead atoms. The van der Waals surface area contributed by atoms with Gasteiger partial charge in [-0.25, -0.2) is 8.78 Å².